The molecule has 2 amide bonds. The Hall–Kier alpha value is -2.28. The highest BCUT2D eigenvalue weighted by atomic mass is 32.1. The van der Waals surface area contributed by atoms with Crippen LogP contribution in [0.5, 0.6) is 0 Å². The lowest BCUT2D eigenvalue weighted by molar-refractivity contribution is -0.122. The summed E-state index contributed by atoms with van der Waals surface area (Å²) in [6, 6.07) is 5.96. The van der Waals surface area contributed by atoms with Crippen molar-refractivity contribution in [2.45, 2.75) is 19.8 Å². The molecular formula is C17H18FN3O2S. The van der Waals surface area contributed by atoms with Crippen molar-refractivity contribution in [2.24, 2.45) is 11.8 Å². The van der Waals surface area contributed by atoms with E-state index in [1.807, 2.05) is 6.92 Å². The Morgan fingerprint density at radius 2 is 2.04 bits per heavy atom. The van der Waals surface area contributed by atoms with Gasteiger partial charge in [0, 0.05) is 24.4 Å². The maximum atomic E-state index is 13.0. The van der Waals surface area contributed by atoms with Gasteiger partial charge in [-0.2, -0.15) is 0 Å². The molecule has 0 radical (unpaired) electrons. The quantitative estimate of drug-likeness (QED) is 0.844. The van der Waals surface area contributed by atoms with Crippen molar-refractivity contribution in [3.8, 4) is 11.3 Å². The monoisotopic (exact) mass is 347 g/mol. The number of hydrogen-bond acceptors (Lipinski definition) is 4. The molecule has 1 aromatic heterocycles. The van der Waals surface area contributed by atoms with Gasteiger partial charge < -0.3 is 10.6 Å². The van der Waals surface area contributed by atoms with Crippen LogP contribution in [0.25, 0.3) is 11.3 Å². The van der Waals surface area contributed by atoms with Gasteiger partial charge in [0.2, 0.25) is 11.8 Å². The average molecular weight is 347 g/mol. The lowest BCUT2D eigenvalue weighted by Gasteiger charge is -2.07. The van der Waals surface area contributed by atoms with E-state index in [1.54, 1.807) is 17.6 Å². The highest BCUT2D eigenvalue weighted by Crippen LogP contribution is 2.37. The maximum Gasteiger partial charge on any atom is 0.226 e. The summed E-state index contributed by atoms with van der Waals surface area (Å²) in [5.41, 5.74) is 2.98. The molecule has 24 heavy (non-hydrogen) atoms. The van der Waals surface area contributed by atoms with Crippen LogP contribution in [-0.4, -0.2) is 23.3 Å². The summed E-state index contributed by atoms with van der Waals surface area (Å²) in [4.78, 5) is 28.0. The van der Waals surface area contributed by atoms with Crippen molar-refractivity contribution in [1.29, 1.82) is 0 Å². The van der Waals surface area contributed by atoms with Gasteiger partial charge >= 0.3 is 0 Å². The number of aromatic nitrogens is 1. The molecule has 0 bridgehead atoms. The zero-order valence-electron chi connectivity index (χ0n) is 13.2. The third kappa shape index (κ3) is 3.97. The second kappa shape index (κ2) is 7.09. The number of benzene rings is 1. The second-order valence-electron chi connectivity index (χ2n) is 5.95. The molecule has 0 saturated heterocycles. The first kappa shape index (κ1) is 16.6. The number of thiazole rings is 1. The van der Waals surface area contributed by atoms with Crippen LogP contribution >= 0.6 is 11.3 Å². The Balaban J connectivity index is 1.52. The number of nitrogens with zero attached hydrogens (tertiary/aromatic N) is 1. The van der Waals surface area contributed by atoms with Gasteiger partial charge in [0.15, 0.2) is 0 Å². The summed E-state index contributed by atoms with van der Waals surface area (Å²) in [7, 11) is 0. The minimum Gasteiger partial charge on any atom is -0.355 e. The number of halogens is 1. The molecule has 126 valence electrons. The van der Waals surface area contributed by atoms with Crippen LogP contribution < -0.4 is 10.6 Å². The predicted octanol–water partition coefficient (Wildman–Crippen LogP) is 3.05. The molecule has 0 unspecified atom stereocenters. The number of amides is 2. The summed E-state index contributed by atoms with van der Waals surface area (Å²) < 4.78 is 13.0. The van der Waals surface area contributed by atoms with Crippen LogP contribution in [0.15, 0.2) is 29.8 Å². The van der Waals surface area contributed by atoms with Crippen molar-refractivity contribution in [3.63, 3.8) is 0 Å². The summed E-state index contributed by atoms with van der Waals surface area (Å²) in [6.07, 6.45) is 1.13. The molecule has 2 N–H and O–H groups in total. The first-order valence-electron chi connectivity index (χ1n) is 7.81. The fourth-order valence-corrected chi connectivity index (χ4v) is 3.17. The topological polar surface area (TPSA) is 71.1 Å². The third-order valence-electron chi connectivity index (χ3n) is 4.04. The van der Waals surface area contributed by atoms with Crippen LogP contribution in [0.1, 0.15) is 19.8 Å². The zero-order chi connectivity index (χ0) is 17.1. The van der Waals surface area contributed by atoms with Crippen LogP contribution in [0.2, 0.25) is 0 Å². The highest BCUT2D eigenvalue weighted by molar-refractivity contribution is 7.14. The molecule has 1 aliphatic rings. The second-order valence-corrected chi connectivity index (χ2v) is 6.80. The summed E-state index contributed by atoms with van der Waals surface area (Å²) in [5, 5.41) is 6.21. The smallest absolute Gasteiger partial charge is 0.226 e. The van der Waals surface area contributed by atoms with E-state index in [1.165, 1.54) is 23.5 Å². The van der Waals surface area contributed by atoms with E-state index in [4.69, 9.17) is 0 Å². The number of hydrogen-bond donors (Lipinski definition) is 2. The molecule has 0 spiro atoms. The molecule has 3 rings (SSSR count). The third-order valence-corrected chi connectivity index (χ3v) is 4.78. The van der Waals surface area contributed by atoms with Crippen LogP contribution in [0, 0.1) is 17.7 Å². The minimum atomic E-state index is -0.319. The van der Waals surface area contributed by atoms with E-state index < -0.39 is 0 Å². The van der Waals surface area contributed by atoms with E-state index in [0.717, 1.165) is 12.0 Å². The van der Waals surface area contributed by atoms with Crippen molar-refractivity contribution >= 4 is 28.2 Å². The maximum absolute atomic E-state index is 13.0. The van der Waals surface area contributed by atoms with Gasteiger partial charge in [-0.3, -0.25) is 9.59 Å². The van der Waals surface area contributed by atoms with Crippen molar-refractivity contribution in [1.82, 2.24) is 10.3 Å². The number of carbonyl (C=O) groups excluding carboxylic acids is 2. The van der Waals surface area contributed by atoms with Gasteiger partial charge in [-0.1, -0.05) is 6.92 Å². The van der Waals surface area contributed by atoms with Crippen LogP contribution in [-0.2, 0) is 9.59 Å². The average Bonchev–Trinajstić information content (AvgIpc) is 3.11. The Bertz CT molecular complexity index is 745. The van der Waals surface area contributed by atoms with E-state index in [9.17, 15) is 14.0 Å². The van der Waals surface area contributed by atoms with Crippen molar-refractivity contribution in [3.05, 3.63) is 35.6 Å². The molecule has 5 nitrogen and oxygen atoms in total. The Morgan fingerprint density at radius 3 is 2.71 bits per heavy atom. The van der Waals surface area contributed by atoms with Crippen molar-refractivity contribution in [2.75, 3.05) is 11.9 Å². The van der Waals surface area contributed by atoms with Gasteiger partial charge in [0.1, 0.15) is 16.5 Å². The lowest BCUT2D eigenvalue weighted by atomic mass is 10.1. The summed E-state index contributed by atoms with van der Waals surface area (Å²) in [5.74, 6) is 0.0843. The van der Waals surface area contributed by atoms with E-state index >= 15 is 0 Å². The summed E-state index contributed by atoms with van der Waals surface area (Å²) >= 11 is 1.31. The van der Waals surface area contributed by atoms with Gasteiger partial charge in [0.25, 0.3) is 0 Å². The molecule has 1 fully saturated rings. The first-order valence-corrected chi connectivity index (χ1v) is 8.69. The fourth-order valence-electron chi connectivity index (χ4n) is 2.46. The molecular weight excluding hydrogens is 329 g/mol. The molecule has 7 heteroatoms. The van der Waals surface area contributed by atoms with Gasteiger partial charge in [-0.25, -0.2) is 9.37 Å². The normalized spacial score (nSPS) is 18.9. The molecule has 1 aromatic carbocycles. The SMILES string of the molecule is C[C@@H]1C[C@H]1C(=O)NCCC(=O)Nc1scnc1-c1ccc(F)cc1. The Morgan fingerprint density at radius 1 is 1.33 bits per heavy atom. The number of anilines is 1. The van der Waals surface area contributed by atoms with Gasteiger partial charge in [0.05, 0.1) is 5.51 Å². The molecule has 2 aromatic rings. The first-order chi connectivity index (χ1) is 11.5. The summed E-state index contributed by atoms with van der Waals surface area (Å²) in [6.45, 7) is 2.36. The predicted molar refractivity (Wildman–Crippen MR) is 91.0 cm³/mol. The van der Waals surface area contributed by atoms with Crippen LogP contribution in [0.4, 0.5) is 9.39 Å². The number of rotatable bonds is 6. The van der Waals surface area contributed by atoms with Crippen molar-refractivity contribution < 1.29 is 14.0 Å². The molecule has 0 aliphatic heterocycles. The standard InChI is InChI=1S/C17H18FN3O2S/c1-10-8-13(10)16(23)19-7-6-14(22)21-17-15(20-9-24-17)11-2-4-12(18)5-3-11/h2-5,9-10,13H,6-8H2,1H3,(H,19,23)(H,21,22)/t10-,13-/m1/s1. The van der Waals surface area contributed by atoms with Crippen LogP contribution in [0.3, 0.4) is 0 Å². The Labute approximate surface area is 143 Å². The highest BCUT2D eigenvalue weighted by Gasteiger charge is 2.38. The lowest BCUT2D eigenvalue weighted by Crippen LogP contribution is -2.29. The van der Waals surface area contributed by atoms with Gasteiger partial charge in [-0.15, -0.1) is 11.3 Å². The van der Waals surface area contributed by atoms with E-state index in [2.05, 4.69) is 15.6 Å². The molecule has 1 aliphatic carbocycles. The molecule has 1 saturated carbocycles. The Kier molecular flexibility index (Phi) is 4.89. The zero-order valence-corrected chi connectivity index (χ0v) is 14.0. The molecule has 1 heterocycles. The molecule has 2 atom stereocenters. The number of nitrogens with one attached hydrogen (secondary N) is 2. The van der Waals surface area contributed by atoms with Gasteiger partial charge in [-0.05, 0) is 36.6 Å². The fraction of sp³-hybridized carbons (Fsp3) is 0.353. The minimum absolute atomic E-state index is 0.0279. The largest absolute Gasteiger partial charge is 0.355 e. The van der Waals surface area contributed by atoms with E-state index in [-0.39, 0.29) is 30.0 Å². The number of carbonyl (C=O) groups is 2. The van der Waals surface area contributed by atoms with E-state index in [0.29, 0.717) is 23.2 Å².